The Morgan fingerprint density at radius 2 is 2.23 bits per heavy atom. The van der Waals surface area contributed by atoms with Crippen LogP contribution in [0.15, 0.2) is 47.7 Å². The predicted molar refractivity (Wildman–Crippen MR) is 88.5 cm³/mol. The number of rotatable bonds is 3. The molecule has 0 saturated carbocycles. The number of aliphatic imine (C=N–C) groups is 1. The lowest BCUT2D eigenvalue weighted by atomic mass is 10.0. The summed E-state index contributed by atoms with van der Waals surface area (Å²) in [6.45, 7) is 0.770. The number of halogens is 1. The van der Waals surface area contributed by atoms with Crippen LogP contribution in [0, 0.1) is 0 Å². The van der Waals surface area contributed by atoms with Crippen molar-refractivity contribution in [2.75, 3.05) is 6.54 Å². The Bertz CT molecular complexity index is 700. The maximum atomic E-state index is 12.4. The smallest absolute Gasteiger partial charge is 0.251 e. The van der Waals surface area contributed by atoms with E-state index in [1.807, 2.05) is 24.4 Å². The summed E-state index contributed by atoms with van der Waals surface area (Å²) in [5.74, 6) is -0.0814. The quantitative estimate of drug-likeness (QED) is 0.944. The monoisotopic (exact) mass is 313 g/mol. The van der Waals surface area contributed by atoms with E-state index in [1.165, 1.54) is 0 Å². The maximum Gasteiger partial charge on any atom is 0.251 e. The van der Waals surface area contributed by atoms with Gasteiger partial charge in [-0.1, -0.05) is 17.7 Å². The molecule has 3 rings (SSSR count). The van der Waals surface area contributed by atoms with E-state index >= 15 is 0 Å². The first-order valence-electron chi connectivity index (χ1n) is 7.23. The molecule has 22 heavy (non-hydrogen) atoms. The summed E-state index contributed by atoms with van der Waals surface area (Å²) in [5.41, 5.74) is 2.31. The highest BCUT2D eigenvalue weighted by atomic mass is 35.5. The zero-order valence-corrected chi connectivity index (χ0v) is 12.8. The minimum absolute atomic E-state index is 0.0814. The highest BCUT2D eigenvalue weighted by Crippen LogP contribution is 2.28. The number of hydrogen-bond acceptors (Lipinski definition) is 3. The number of pyridine rings is 1. The first kappa shape index (κ1) is 14.7. The van der Waals surface area contributed by atoms with E-state index in [1.54, 1.807) is 24.5 Å². The van der Waals surface area contributed by atoms with Crippen molar-refractivity contribution in [1.29, 1.82) is 0 Å². The van der Waals surface area contributed by atoms with E-state index in [9.17, 15) is 4.79 Å². The van der Waals surface area contributed by atoms with Crippen LogP contribution < -0.4 is 5.32 Å². The van der Waals surface area contributed by atoms with Gasteiger partial charge in [0.1, 0.15) is 0 Å². The molecule has 112 valence electrons. The topological polar surface area (TPSA) is 54.4 Å². The van der Waals surface area contributed by atoms with Crippen molar-refractivity contribution in [3.05, 3.63) is 53.3 Å². The lowest BCUT2D eigenvalue weighted by Crippen LogP contribution is -2.37. The molecule has 1 aromatic carbocycles. The molecule has 1 aliphatic heterocycles. The molecule has 1 aromatic heterocycles. The van der Waals surface area contributed by atoms with Gasteiger partial charge in [-0.2, -0.15) is 0 Å². The Morgan fingerprint density at radius 3 is 2.95 bits per heavy atom. The van der Waals surface area contributed by atoms with Crippen molar-refractivity contribution in [2.24, 2.45) is 4.99 Å². The molecule has 1 aliphatic rings. The van der Waals surface area contributed by atoms with Gasteiger partial charge in [-0.25, -0.2) is 0 Å². The Labute approximate surface area is 134 Å². The molecule has 0 fully saturated rings. The van der Waals surface area contributed by atoms with Crippen molar-refractivity contribution in [2.45, 2.75) is 18.9 Å². The second-order valence-corrected chi connectivity index (χ2v) is 5.63. The Balaban J connectivity index is 1.82. The van der Waals surface area contributed by atoms with E-state index in [-0.39, 0.29) is 11.9 Å². The molecule has 2 aromatic rings. The van der Waals surface area contributed by atoms with E-state index in [2.05, 4.69) is 15.3 Å². The molecule has 0 bridgehead atoms. The second-order valence-electron chi connectivity index (χ2n) is 5.22. The molecule has 0 radical (unpaired) electrons. The number of nitrogens with one attached hydrogen (secondary N) is 1. The van der Waals surface area contributed by atoms with Crippen molar-refractivity contribution in [1.82, 2.24) is 10.3 Å². The molecule has 1 unspecified atom stereocenters. The Kier molecular flexibility index (Phi) is 4.49. The molecular formula is C17H16ClN3O. The molecule has 1 atom stereocenters. The summed E-state index contributed by atoms with van der Waals surface area (Å²) in [5, 5.41) is 3.65. The fourth-order valence-electron chi connectivity index (χ4n) is 2.45. The zero-order chi connectivity index (χ0) is 15.4. The third kappa shape index (κ3) is 3.34. The first-order chi connectivity index (χ1) is 10.7. The highest BCUT2D eigenvalue weighted by Gasteiger charge is 2.16. The Morgan fingerprint density at radius 1 is 1.32 bits per heavy atom. The van der Waals surface area contributed by atoms with Crippen LogP contribution in [0.5, 0.6) is 0 Å². The minimum atomic E-state index is -0.0814. The molecule has 0 aliphatic carbocycles. The van der Waals surface area contributed by atoms with Gasteiger partial charge in [0.05, 0.1) is 0 Å². The van der Waals surface area contributed by atoms with Crippen molar-refractivity contribution < 1.29 is 4.79 Å². The SMILES string of the molecule is O=C(NC1CC=NCC1)c1ccc(Cl)c(-c2cccnc2)c1. The standard InChI is InChI=1S/C17H16ClN3O/c18-16-4-3-12(10-15(16)13-2-1-7-20-11-13)17(22)21-14-5-8-19-9-6-14/h1-4,7-8,10-11,14H,5-6,9H2,(H,21,22). The fourth-order valence-corrected chi connectivity index (χ4v) is 2.68. The van der Waals surface area contributed by atoms with Crippen molar-refractivity contribution in [3.8, 4) is 11.1 Å². The summed E-state index contributed by atoms with van der Waals surface area (Å²) in [7, 11) is 0. The van der Waals surface area contributed by atoms with Gasteiger partial charge in [0, 0.05) is 59.3 Å². The summed E-state index contributed by atoms with van der Waals surface area (Å²) >= 11 is 6.25. The number of nitrogens with zero attached hydrogens (tertiary/aromatic N) is 2. The molecule has 5 heteroatoms. The number of carbonyl (C=O) groups excluding carboxylic acids is 1. The van der Waals surface area contributed by atoms with E-state index in [4.69, 9.17) is 11.6 Å². The van der Waals surface area contributed by atoms with E-state index in [0.29, 0.717) is 10.6 Å². The van der Waals surface area contributed by atoms with Crippen molar-refractivity contribution >= 4 is 23.7 Å². The average molecular weight is 314 g/mol. The van der Waals surface area contributed by atoms with Crippen LogP contribution in [0.2, 0.25) is 5.02 Å². The van der Waals surface area contributed by atoms with Gasteiger partial charge in [0.25, 0.3) is 5.91 Å². The normalized spacial score (nSPS) is 17.2. The number of benzene rings is 1. The van der Waals surface area contributed by atoms with Crippen LogP contribution in [-0.2, 0) is 0 Å². The lowest BCUT2D eigenvalue weighted by molar-refractivity contribution is 0.0936. The third-order valence-electron chi connectivity index (χ3n) is 3.66. The highest BCUT2D eigenvalue weighted by molar-refractivity contribution is 6.33. The van der Waals surface area contributed by atoms with Crippen LogP contribution in [0.25, 0.3) is 11.1 Å². The third-order valence-corrected chi connectivity index (χ3v) is 3.99. The van der Waals surface area contributed by atoms with Crippen LogP contribution in [0.1, 0.15) is 23.2 Å². The Hall–Kier alpha value is -2.20. The molecule has 2 heterocycles. The van der Waals surface area contributed by atoms with Gasteiger partial charge in [0.15, 0.2) is 0 Å². The number of aromatic nitrogens is 1. The predicted octanol–water partition coefficient (Wildman–Crippen LogP) is 3.37. The number of amides is 1. The summed E-state index contributed by atoms with van der Waals surface area (Å²) in [4.78, 5) is 20.7. The lowest BCUT2D eigenvalue weighted by Gasteiger charge is -2.19. The van der Waals surface area contributed by atoms with Gasteiger partial charge < -0.3 is 5.32 Å². The molecule has 1 N–H and O–H groups in total. The van der Waals surface area contributed by atoms with Crippen molar-refractivity contribution in [3.63, 3.8) is 0 Å². The zero-order valence-electron chi connectivity index (χ0n) is 12.0. The molecular weight excluding hydrogens is 298 g/mol. The second kappa shape index (κ2) is 6.71. The molecule has 1 amide bonds. The van der Waals surface area contributed by atoms with Crippen LogP contribution in [0.4, 0.5) is 0 Å². The van der Waals surface area contributed by atoms with Crippen LogP contribution >= 0.6 is 11.6 Å². The van der Waals surface area contributed by atoms with Crippen LogP contribution in [-0.4, -0.2) is 29.7 Å². The average Bonchev–Trinajstić information content (AvgIpc) is 2.57. The maximum absolute atomic E-state index is 12.4. The summed E-state index contributed by atoms with van der Waals surface area (Å²) in [6, 6.07) is 9.23. The summed E-state index contributed by atoms with van der Waals surface area (Å²) < 4.78 is 0. The van der Waals surface area contributed by atoms with Crippen LogP contribution in [0.3, 0.4) is 0 Å². The first-order valence-corrected chi connectivity index (χ1v) is 7.61. The van der Waals surface area contributed by atoms with E-state index in [0.717, 1.165) is 30.5 Å². The molecule has 0 spiro atoms. The number of carbonyl (C=O) groups is 1. The van der Waals surface area contributed by atoms with Gasteiger partial charge in [-0.15, -0.1) is 0 Å². The van der Waals surface area contributed by atoms with Gasteiger partial charge in [-0.3, -0.25) is 14.8 Å². The largest absolute Gasteiger partial charge is 0.349 e. The van der Waals surface area contributed by atoms with Gasteiger partial charge in [-0.05, 0) is 30.7 Å². The van der Waals surface area contributed by atoms with E-state index < -0.39 is 0 Å². The van der Waals surface area contributed by atoms with Gasteiger partial charge in [0.2, 0.25) is 0 Å². The molecule has 4 nitrogen and oxygen atoms in total. The number of hydrogen-bond donors (Lipinski definition) is 1. The fraction of sp³-hybridized carbons (Fsp3) is 0.235. The minimum Gasteiger partial charge on any atom is -0.349 e. The molecule has 0 saturated heterocycles. The van der Waals surface area contributed by atoms with Gasteiger partial charge >= 0.3 is 0 Å². The summed E-state index contributed by atoms with van der Waals surface area (Å²) in [6.07, 6.45) is 6.98.